The molecule has 1 aliphatic rings. The van der Waals surface area contributed by atoms with Gasteiger partial charge in [-0.3, -0.25) is 4.40 Å². The summed E-state index contributed by atoms with van der Waals surface area (Å²) >= 11 is 2.05. The summed E-state index contributed by atoms with van der Waals surface area (Å²) in [5, 5.41) is 8.43. The van der Waals surface area contributed by atoms with E-state index in [9.17, 15) is 0 Å². The summed E-state index contributed by atoms with van der Waals surface area (Å²) in [5.74, 6) is 4.49. The van der Waals surface area contributed by atoms with Gasteiger partial charge in [0.2, 0.25) is 0 Å². The number of fused-ring (bicyclic) bond motifs is 1. The lowest BCUT2D eigenvalue weighted by Gasteiger charge is -2.05. The second kappa shape index (κ2) is 3.85. The molecule has 0 amide bonds. The Bertz CT molecular complexity index is 460. The van der Waals surface area contributed by atoms with Crippen LogP contribution in [-0.4, -0.2) is 26.1 Å². The minimum atomic E-state index is 0.794. The molecular weight excluding hydrogens is 206 g/mol. The lowest BCUT2D eigenvalue weighted by molar-refractivity contribution is 0.572. The molecule has 0 bridgehead atoms. The molecule has 1 atom stereocenters. The molecule has 2 aromatic rings. The van der Waals surface area contributed by atoms with E-state index in [-0.39, 0.29) is 0 Å². The van der Waals surface area contributed by atoms with E-state index in [4.69, 9.17) is 0 Å². The van der Waals surface area contributed by atoms with Crippen molar-refractivity contribution in [3.8, 4) is 0 Å². The van der Waals surface area contributed by atoms with Crippen LogP contribution in [0.4, 0.5) is 0 Å². The Morgan fingerprint density at radius 3 is 3.27 bits per heavy atom. The third-order valence-corrected chi connectivity index (χ3v) is 4.11. The third-order valence-electron chi connectivity index (χ3n) is 2.88. The maximum atomic E-state index is 4.26. The zero-order valence-corrected chi connectivity index (χ0v) is 9.28. The molecular formula is C11H13N3S. The first-order valence-corrected chi connectivity index (χ1v) is 6.45. The molecule has 78 valence electrons. The van der Waals surface area contributed by atoms with Gasteiger partial charge < -0.3 is 0 Å². The molecule has 1 unspecified atom stereocenters. The highest BCUT2D eigenvalue weighted by atomic mass is 32.2. The predicted molar refractivity (Wildman–Crippen MR) is 62.1 cm³/mol. The van der Waals surface area contributed by atoms with E-state index in [1.807, 2.05) is 24.4 Å². The maximum absolute atomic E-state index is 4.26. The largest absolute Gasteiger partial charge is 0.286 e. The van der Waals surface area contributed by atoms with E-state index in [1.165, 1.54) is 17.9 Å². The molecule has 3 heterocycles. The van der Waals surface area contributed by atoms with Crippen LogP contribution in [0.25, 0.3) is 5.65 Å². The molecule has 15 heavy (non-hydrogen) atoms. The van der Waals surface area contributed by atoms with Gasteiger partial charge in [-0.05, 0) is 36.0 Å². The van der Waals surface area contributed by atoms with Gasteiger partial charge in [0.25, 0.3) is 0 Å². The van der Waals surface area contributed by atoms with Crippen LogP contribution in [0.5, 0.6) is 0 Å². The van der Waals surface area contributed by atoms with Crippen molar-refractivity contribution in [3.63, 3.8) is 0 Å². The average molecular weight is 219 g/mol. The molecule has 0 radical (unpaired) electrons. The standard InChI is InChI=1S/C11H13N3S/c1-2-5-14-10(3-1)12-13-11(14)7-9-4-6-15-8-9/h1-3,5,9H,4,6-8H2. The van der Waals surface area contributed by atoms with Crippen LogP contribution < -0.4 is 0 Å². The molecule has 3 nitrogen and oxygen atoms in total. The molecule has 4 heteroatoms. The topological polar surface area (TPSA) is 30.2 Å². The lowest BCUT2D eigenvalue weighted by atomic mass is 10.1. The molecule has 0 saturated carbocycles. The number of pyridine rings is 1. The number of hydrogen-bond acceptors (Lipinski definition) is 3. The Morgan fingerprint density at radius 2 is 2.40 bits per heavy atom. The fourth-order valence-corrected chi connectivity index (χ4v) is 3.32. The first kappa shape index (κ1) is 9.21. The zero-order chi connectivity index (χ0) is 10.1. The summed E-state index contributed by atoms with van der Waals surface area (Å²) in [7, 11) is 0. The minimum absolute atomic E-state index is 0.794. The van der Waals surface area contributed by atoms with E-state index in [2.05, 4.69) is 26.4 Å². The Labute approximate surface area is 92.9 Å². The average Bonchev–Trinajstić information content (AvgIpc) is 2.89. The van der Waals surface area contributed by atoms with Crippen molar-refractivity contribution >= 4 is 17.4 Å². The van der Waals surface area contributed by atoms with Gasteiger partial charge in [-0.1, -0.05) is 6.07 Å². The number of thioether (sulfide) groups is 1. The fraction of sp³-hybridized carbons (Fsp3) is 0.455. The molecule has 1 aliphatic heterocycles. The molecule has 0 N–H and O–H groups in total. The first-order chi connectivity index (χ1) is 7.43. The molecule has 1 saturated heterocycles. The van der Waals surface area contributed by atoms with Crippen molar-refractivity contribution in [1.82, 2.24) is 14.6 Å². The normalized spacial score (nSPS) is 21.2. The molecule has 0 aromatic carbocycles. The number of hydrogen-bond donors (Lipinski definition) is 0. The van der Waals surface area contributed by atoms with Crippen molar-refractivity contribution in [1.29, 1.82) is 0 Å². The van der Waals surface area contributed by atoms with Crippen molar-refractivity contribution in [3.05, 3.63) is 30.2 Å². The van der Waals surface area contributed by atoms with E-state index < -0.39 is 0 Å². The van der Waals surface area contributed by atoms with Gasteiger partial charge in [0.15, 0.2) is 5.65 Å². The Hall–Kier alpha value is -1.03. The van der Waals surface area contributed by atoms with Crippen molar-refractivity contribution in [2.75, 3.05) is 11.5 Å². The van der Waals surface area contributed by atoms with Crippen LogP contribution in [0, 0.1) is 5.92 Å². The van der Waals surface area contributed by atoms with Gasteiger partial charge in [0.05, 0.1) is 0 Å². The quantitative estimate of drug-likeness (QED) is 0.774. The lowest BCUT2D eigenvalue weighted by Crippen LogP contribution is -2.06. The van der Waals surface area contributed by atoms with Crippen LogP contribution in [0.2, 0.25) is 0 Å². The molecule has 3 rings (SSSR count). The maximum Gasteiger partial charge on any atom is 0.160 e. The Morgan fingerprint density at radius 1 is 1.40 bits per heavy atom. The minimum Gasteiger partial charge on any atom is -0.286 e. The van der Waals surface area contributed by atoms with Crippen molar-refractivity contribution < 1.29 is 0 Å². The van der Waals surface area contributed by atoms with E-state index in [1.54, 1.807) is 0 Å². The van der Waals surface area contributed by atoms with Gasteiger partial charge in [-0.15, -0.1) is 10.2 Å². The summed E-state index contributed by atoms with van der Waals surface area (Å²) in [5.41, 5.74) is 0.957. The van der Waals surface area contributed by atoms with E-state index in [0.717, 1.165) is 23.8 Å². The van der Waals surface area contributed by atoms with Gasteiger partial charge in [0, 0.05) is 12.6 Å². The molecule has 0 spiro atoms. The third kappa shape index (κ3) is 1.74. The smallest absolute Gasteiger partial charge is 0.160 e. The van der Waals surface area contributed by atoms with Gasteiger partial charge >= 0.3 is 0 Å². The fourth-order valence-electron chi connectivity index (χ4n) is 2.03. The van der Waals surface area contributed by atoms with Crippen LogP contribution in [-0.2, 0) is 6.42 Å². The van der Waals surface area contributed by atoms with Gasteiger partial charge in [0.1, 0.15) is 5.82 Å². The van der Waals surface area contributed by atoms with E-state index >= 15 is 0 Å². The highest BCUT2D eigenvalue weighted by Crippen LogP contribution is 2.26. The Balaban J connectivity index is 1.90. The second-order valence-electron chi connectivity index (χ2n) is 3.98. The summed E-state index contributed by atoms with van der Waals surface area (Å²) < 4.78 is 2.10. The summed E-state index contributed by atoms with van der Waals surface area (Å²) in [6.45, 7) is 0. The van der Waals surface area contributed by atoms with Crippen LogP contribution in [0.15, 0.2) is 24.4 Å². The number of nitrogens with zero attached hydrogens (tertiary/aromatic N) is 3. The Kier molecular flexibility index (Phi) is 2.37. The van der Waals surface area contributed by atoms with E-state index in [0.29, 0.717) is 0 Å². The second-order valence-corrected chi connectivity index (χ2v) is 5.13. The number of rotatable bonds is 2. The zero-order valence-electron chi connectivity index (χ0n) is 8.47. The van der Waals surface area contributed by atoms with Crippen molar-refractivity contribution in [2.24, 2.45) is 5.92 Å². The summed E-state index contributed by atoms with van der Waals surface area (Å²) in [6.07, 6.45) is 4.44. The summed E-state index contributed by atoms with van der Waals surface area (Å²) in [6, 6.07) is 6.03. The van der Waals surface area contributed by atoms with Crippen molar-refractivity contribution in [2.45, 2.75) is 12.8 Å². The molecule has 0 aliphatic carbocycles. The molecule has 1 fully saturated rings. The SMILES string of the molecule is c1ccn2c(CC3CCSC3)nnc2c1. The van der Waals surface area contributed by atoms with Crippen LogP contribution >= 0.6 is 11.8 Å². The highest BCUT2D eigenvalue weighted by Gasteiger charge is 2.18. The first-order valence-electron chi connectivity index (χ1n) is 5.30. The van der Waals surface area contributed by atoms with Gasteiger partial charge in [-0.2, -0.15) is 11.8 Å². The number of aromatic nitrogens is 3. The predicted octanol–water partition coefficient (Wildman–Crippen LogP) is 2.02. The highest BCUT2D eigenvalue weighted by molar-refractivity contribution is 7.99. The molecule has 2 aromatic heterocycles. The summed E-state index contributed by atoms with van der Waals surface area (Å²) in [4.78, 5) is 0. The monoisotopic (exact) mass is 219 g/mol. The van der Waals surface area contributed by atoms with Crippen LogP contribution in [0.3, 0.4) is 0 Å². The van der Waals surface area contributed by atoms with Gasteiger partial charge in [-0.25, -0.2) is 0 Å². The van der Waals surface area contributed by atoms with Crippen LogP contribution in [0.1, 0.15) is 12.2 Å².